The van der Waals surface area contributed by atoms with Crippen molar-refractivity contribution in [3.63, 3.8) is 0 Å². The third kappa shape index (κ3) is 2.25. The first-order valence-electron chi connectivity index (χ1n) is 2.91. The van der Waals surface area contributed by atoms with Gasteiger partial charge in [0.25, 0.3) is 0 Å². The second-order valence-electron chi connectivity index (χ2n) is 1.36. The molecule has 0 aliphatic heterocycles. The molecule has 5 nitrogen and oxygen atoms in total. The second-order valence-corrected chi connectivity index (χ2v) is 1.36. The predicted molar refractivity (Wildman–Crippen MR) is 31.1 cm³/mol. The van der Waals surface area contributed by atoms with Crippen LogP contribution >= 0.6 is 0 Å². The van der Waals surface area contributed by atoms with E-state index in [4.69, 9.17) is 1.37 Å². The number of carbonyl (C=O) groups is 3. The van der Waals surface area contributed by atoms with Gasteiger partial charge >= 0.3 is 5.97 Å². The highest BCUT2D eigenvalue weighted by Crippen LogP contribution is 1.79. The molecule has 1 atom stereocenters. The Bertz CT molecular complexity index is 181. The summed E-state index contributed by atoms with van der Waals surface area (Å²) in [6.45, 7) is 0. The standard InChI is InChI=1S/C5H7NO4/c1-10-5(9)4(2-7)6-3-8/h2-4H,1H3,(H,6,8)/i2D. The zero-order chi connectivity index (χ0) is 8.85. The fraction of sp³-hybridized carbons (Fsp3) is 0.400. The van der Waals surface area contributed by atoms with Gasteiger partial charge in [0, 0.05) is 0 Å². The summed E-state index contributed by atoms with van der Waals surface area (Å²) >= 11 is 0. The molecule has 0 bridgehead atoms. The molecule has 0 heterocycles. The van der Waals surface area contributed by atoms with E-state index in [2.05, 4.69) is 4.74 Å². The van der Waals surface area contributed by atoms with Crippen LogP contribution in [0.25, 0.3) is 0 Å². The minimum atomic E-state index is -1.50. The molecule has 0 aromatic carbocycles. The second kappa shape index (κ2) is 4.49. The molecule has 0 aliphatic carbocycles. The first-order valence-corrected chi connectivity index (χ1v) is 2.41. The minimum absolute atomic E-state index is 0.161. The molecule has 0 aliphatic rings. The Kier molecular flexibility index (Phi) is 3.02. The summed E-state index contributed by atoms with van der Waals surface area (Å²) in [6.07, 6.45) is -1.04. The van der Waals surface area contributed by atoms with Crippen molar-refractivity contribution in [2.75, 3.05) is 7.11 Å². The Balaban J connectivity index is 4.20. The van der Waals surface area contributed by atoms with Crippen molar-refractivity contribution in [2.24, 2.45) is 0 Å². The van der Waals surface area contributed by atoms with Crippen LogP contribution in [-0.4, -0.2) is 31.8 Å². The zero-order valence-electron chi connectivity index (χ0n) is 6.29. The van der Waals surface area contributed by atoms with Gasteiger partial charge < -0.3 is 14.8 Å². The topological polar surface area (TPSA) is 72.5 Å². The van der Waals surface area contributed by atoms with Gasteiger partial charge in [0.05, 0.1) is 7.11 Å². The number of methoxy groups -OCH3 is 1. The maximum atomic E-state index is 10.6. The van der Waals surface area contributed by atoms with Crippen LogP contribution in [0.5, 0.6) is 0 Å². The molecule has 0 rings (SSSR count). The van der Waals surface area contributed by atoms with Crippen LogP contribution in [0, 0.1) is 0 Å². The van der Waals surface area contributed by atoms with Crippen molar-refractivity contribution >= 4 is 18.6 Å². The summed E-state index contributed by atoms with van der Waals surface area (Å²) in [5.74, 6) is -0.947. The lowest BCUT2D eigenvalue weighted by Crippen LogP contribution is -2.37. The Morgan fingerprint density at radius 3 is 2.70 bits per heavy atom. The number of aldehydes is 1. The molecule has 0 saturated heterocycles. The van der Waals surface area contributed by atoms with Gasteiger partial charge in [-0.2, -0.15) is 0 Å². The molecule has 0 spiro atoms. The van der Waals surface area contributed by atoms with E-state index in [1.807, 2.05) is 5.32 Å². The van der Waals surface area contributed by atoms with Crippen molar-refractivity contribution < 1.29 is 20.5 Å². The first kappa shape index (κ1) is 6.73. The SMILES string of the molecule is [2H]C(=O)C(NC=O)C(=O)OC. The molecular formula is C5H7NO4. The number of rotatable bonds is 4. The van der Waals surface area contributed by atoms with E-state index in [0.717, 1.165) is 7.11 Å². The van der Waals surface area contributed by atoms with E-state index in [1.54, 1.807) is 0 Å². The highest BCUT2D eigenvalue weighted by molar-refractivity contribution is 5.93. The number of esters is 1. The number of ether oxygens (including phenoxy) is 1. The maximum Gasteiger partial charge on any atom is 0.335 e. The summed E-state index contributed by atoms with van der Waals surface area (Å²) in [6, 6.07) is -1.50. The van der Waals surface area contributed by atoms with Gasteiger partial charge in [-0.15, -0.1) is 0 Å². The van der Waals surface area contributed by atoms with E-state index in [-0.39, 0.29) is 6.41 Å². The van der Waals surface area contributed by atoms with Crippen LogP contribution in [0.4, 0.5) is 0 Å². The number of hydrogen-bond donors (Lipinski definition) is 1. The van der Waals surface area contributed by atoms with Crippen LogP contribution in [0.3, 0.4) is 0 Å². The van der Waals surface area contributed by atoms with Crippen LogP contribution < -0.4 is 5.32 Å². The predicted octanol–water partition coefficient (Wildman–Crippen LogP) is -1.53. The van der Waals surface area contributed by atoms with Gasteiger partial charge in [0.15, 0.2) is 12.3 Å². The van der Waals surface area contributed by atoms with Crippen LogP contribution in [0.1, 0.15) is 1.37 Å². The molecule has 1 N–H and O–H groups in total. The minimum Gasteiger partial charge on any atom is -0.467 e. The lowest BCUT2D eigenvalue weighted by atomic mass is 10.3. The van der Waals surface area contributed by atoms with Gasteiger partial charge in [0.2, 0.25) is 6.41 Å². The van der Waals surface area contributed by atoms with Crippen molar-refractivity contribution in [1.82, 2.24) is 5.32 Å². The number of amides is 1. The molecule has 56 valence electrons. The Labute approximate surface area is 58.8 Å². The molecule has 0 aromatic heterocycles. The molecule has 0 saturated carbocycles. The van der Waals surface area contributed by atoms with Crippen molar-refractivity contribution in [2.45, 2.75) is 6.04 Å². The van der Waals surface area contributed by atoms with E-state index >= 15 is 0 Å². The zero-order valence-corrected chi connectivity index (χ0v) is 5.29. The van der Waals surface area contributed by atoms with Crippen LogP contribution in [-0.2, 0) is 19.1 Å². The van der Waals surface area contributed by atoms with Gasteiger partial charge in [-0.05, 0) is 0 Å². The molecule has 0 aromatic rings. The quantitative estimate of drug-likeness (QED) is 0.297. The highest BCUT2D eigenvalue weighted by atomic mass is 16.5. The smallest absolute Gasteiger partial charge is 0.335 e. The highest BCUT2D eigenvalue weighted by Gasteiger charge is 2.15. The molecule has 10 heavy (non-hydrogen) atoms. The Morgan fingerprint density at radius 1 is 1.80 bits per heavy atom. The summed E-state index contributed by atoms with van der Waals surface area (Å²) in [7, 11) is 1.06. The number of hydrogen-bond acceptors (Lipinski definition) is 4. The molecule has 0 radical (unpaired) electrons. The summed E-state index contributed by atoms with van der Waals surface area (Å²) in [5.41, 5.74) is 0. The van der Waals surface area contributed by atoms with Gasteiger partial charge in [-0.25, -0.2) is 4.79 Å². The average molecular weight is 146 g/mol. The van der Waals surface area contributed by atoms with E-state index in [9.17, 15) is 14.4 Å². The fourth-order valence-electron chi connectivity index (χ4n) is 0.336. The first-order chi connectivity index (χ1) is 5.13. The Hall–Kier alpha value is -1.39. The third-order valence-corrected chi connectivity index (χ3v) is 0.789. The van der Waals surface area contributed by atoms with Crippen molar-refractivity contribution in [3.05, 3.63) is 0 Å². The number of nitrogens with one attached hydrogen (secondary N) is 1. The summed E-state index contributed by atoms with van der Waals surface area (Å²) < 4.78 is 10.6. The Morgan fingerprint density at radius 2 is 2.40 bits per heavy atom. The molecular weight excluding hydrogens is 138 g/mol. The van der Waals surface area contributed by atoms with Gasteiger partial charge in [-0.3, -0.25) is 4.79 Å². The third-order valence-electron chi connectivity index (χ3n) is 0.789. The van der Waals surface area contributed by atoms with Crippen LogP contribution in [0.2, 0.25) is 0 Å². The number of carbonyl (C=O) groups excluding carboxylic acids is 3. The van der Waals surface area contributed by atoms with E-state index < -0.39 is 18.3 Å². The maximum absolute atomic E-state index is 10.6. The van der Waals surface area contributed by atoms with Gasteiger partial charge in [0.1, 0.15) is 1.37 Å². The van der Waals surface area contributed by atoms with E-state index in [1.165, 1.54) is 0 Å². The molecule has 1 unspecified atom stereocenters. The lowest BCUT2D eigenvalue weighted by Gasteiger charge is -2.03. The van der Waals surface area contributed by atoms with Crippen molar-refractivity contribution in [1.29, 1.82) is 0 Å². The van der Waals surface area contributed by atoms with Crippen molar-refractivity contribution in [3.8, 4) is 0 Å². The monoisotopic (exact) mass is 146 g/mol. The fourth-order valence-corrected chi connectivity index (χ4v) is 0.336. The average Bonchev–Trinajstić information content (AvgIpc) is 1.98. The van der Waals surface area contributed by atoms with Gasteiger partial charge in [-0.1, -0.05) is 0 Å². The van der Waals surface area contributed by atoms with E-state index in [0.29, 0.717) is 0 Å². The normalized spacial score (nSPS) is 12.7. The lowest BCUT2D eigenvalue weighted by molar-refractivity contribution is -0.145. The molecule has 0 fully saturated rings. The molecule has 5 heteroatoms. The summed E-state index contributed by atoms with van der Waals surface area (Å²) in [4.78, 5) is 30.6. The largest absolute Gasteiger partial charge is 0.467 e. The molecule has 1 amide bonds. The van der Waals surface area contributed by atoms with Crippen LogP contribution in [0.15, 0.2) is 0 Å². The summed E-state index contributed by atoms with van der Waals surface area (Å²) in [5, 5.41) is 1.84.